The Kier molecular flexibility index (Phi) is 7.90. The minimum Gasteiger partial charge on any atom is -0.376 e. The number of imidazole rings is 1. The van der Waals surface area contributed by atoms with E-state index in [1.54, 1.807) is 21.6 Å². The topological polar surface area (TPSA) is 81.5 Å². The van der Waals surface area contributed by atoms with Crippen LogP contribution in [0.3, 0.4) is 0 Å². The molecule has 2 aromatic carbocycles. The number of halogens is 1. The molecule has 192 valence electrons. The van der Waals surface area contributed by atoms with E-state index in [1.165, 1.54) is 24.4 Å². The van der Waals surface area contributed by atoms with Crippen molar-refractivity contribution in [2.75, 3.05) is 6.61 Å². The molecular formula is C27H32FN3O4S. The standard InChI is InChI=1S/C27H32FN3O4S/c1-19(2)30(26(32)24-12-6-4-9-20(24)3)16-22-15-29-27(31(22)17-23-11-8-14-35-23)36(33,34)18-21-10-5-7-13-25(21)28/h4-7,9-10,12-13,15,19,23H,8,11,14,16-18H2,1-3H3/t23-/m0/s1. The minimum absolute atomic E-state index is 0.0873. The van der Waals surface area contributed by atoms with E-state index in [9.17, 15) is 17.6 Å². The summed E-state index contributed by atoms with van der Waals surface area (Å²) in [5, 5.41) is -0.136. The Balaban J connectivity index is 1.70. The summed E-state index contributed by atoms with van der Waals surface area (Å²) >= 11 is 0. The molecule has 0 radical (unpaired) electrons. The molecule has 1 saturated heterocycles. The average molecular weight is 514 g/mol. The molecule has 0 spiro atoms. The van der Waals surface area contributed by atoms with E-state index in [2.05, 4.69) is 4.98 Å². The van der Waals surface area contributed by atoms with Gasteiger partial charge in [-0.1, -0.05) is 36.4 Å². The lowest BCUT2D eigenvalue weighted by molar-refractivity contribution is 0.0677. The number of carbonyl (C=O) groups is 1. The highest BCUT2D eigenvalue weighted by Gasteiger charge is 2.30. The quantitative estimate of drug-likeness (QED) is 0.420. The van der Waals surface area contributed by atoms with E-state index >= 15 is 0 Å². The van der Waals surface area contributed by atoms with Crippen LogP contribution in [-0.2, 0) is 33.4 Å². The van der Waals surface area contributed by atoms with E-state index in [-0.39, 0.29) is 35.3 Å². The Bertz CT molecular complexity index is 1330. The number of hydrogen-bond donors (Lipinski definition) is 0. The second kappa shape index (κ2) is 10.9. The van der Waals surface area contributed by atoms with Crippen molar-refractivity contribution < 1.29 is 22.3 Å². The number of sulfone groups is 1. The fourth-order valence-electron chi connectivity index (χ4n) is 4.47. The monoisotopic (exact) mass is 513 g/mol. The summed E-state index contributed by atoms with van der Waals surface area (Å²) in [5.41, 5.74) is 2.15. The van der Waals surface area contributed by atoms with E-state index in [4.69, 9.17) is 4.74 Å². The average Bonchev–Trinajstić information content (AvgIpc) is 3.49. The molecule has 0 unspecified atom stereocenters. The van der Waals surface area contributed by atoms with Crippen LogP contribution in [-0.4, -0.2) is 47.5 Å². The van der Waals surface area contributed by atoms with Gasteiger partial charge in [0.1, 0.15) is 5.82 Å². The van der Waals surface area contributed by atoms with E-state index in [0.29, 0.717) is 24.4 Å². The van der Waals surface area contributed by atoms with Crippen LogP contribution in [0.2, 0.25) is 0 Å². The number of ether oxygens (including phenoxy) is 1. The van der Waals surface area contributed by atoms with Crippen LogP contribution in [0.4, 0.5) is 4.39 Å². The summed E-state index contributed by atoms with van der Waals surface area (Å²) in [5.74, 6) is -1.21. The van der Waals surface area contributed by atoms with Gasteiger partial charge in [-0.05, 0) is 51.3 Å². The van der Waals surface area contributed by atoms with Gasteiger partial charge >= 0.3 is 0 Å². The fraction of sp³-hybridized carbons (Fsp3) is 0.407. The number of nitrogens with zero attached hydrogens (tertiary/aromatic N) is 3. The Morgan fingerprint density at radius 1 is 1.19 bits per heavy atom. The van der Waals surface area contributed by atoms with Gasteiger partial charge in [-0.25, -0.2) is 17.8 Å². The molecule has 2 heterocycles. The summed E-state index contributed by atoms with van der Waals surface area (Å²) in [6, 6.07) is 13.1. The van der Waals surface area contributed by atoms with Gasteiger partial charge in [0.25, 0.3) is 5.91 Å². The van der Waals surface area contributed by atoms with Crippen molar-refractivity contribution in [3.05, 3.63) is 82.9 Å². The summed E-state index contributed by atoms with van der Waals surface area (Å²) in [6.45, 7) is 6.84. The SMILES string of the molecule is Cc1ccccc1C(=O)N(Cc1cnc(S(=O)(=O)Cc2ccccc2F)n1C[C@@H]1CCCO1)C(C)C. The third-order valence-electron chi connectivity index (χ3n) is 6.49. The number of amides is 1. The number of aryl methyl sites for hydroxylation is 1. The van der Waals surface area contributed by atoms with Crippen molar-refractivity contribution in [2.24, 2.45) is 0 Å². The molecule has 1 aliphatic rings. The normalized spacial score (nSPS) is 16.0. The van der Waals surface area contributed by atoms with Gasteiger partial charge < -0.3 is 14.2 Å². The van der Waals surface area contributed by atoms with Gasteiger partial charge in [0.2, 0.25) is 15.0 Å². The molecule has 1 fully saturated rings. The Labute approximate surface area is 211 Å². The highest BCUT2D eigenvalue weighted by atomic mass is 32.2. The molecule has 1 amide bonds. The molecule has 1 aromatic heterocycles. The lowest BCUT2D eigenvalue weighted by Crippen LogP contribution is -2.37. The van der Waals surface area contributed by atoms with Crippen LogP contribution in [0.15, 0.2) is 59.9 Å². The molecule has 0 N–H and O–H groups in total. The van der Waals surface area contributed by atoms with Crippen LogP contribution in [0.5, 0.6) is 0 Å². The van der Waals surface area contributed by atoms with E-state index < -0.39 is 21.4 Å². The molecule has 1 atom stereocenters. The molecule has 0 aliphatic carbocycles. The summed E-state index contributed by atoms with van der Waals surface area (Å²) in [6.07, 6.45) is 3.06. The number of benzene rings is 2. The summed E-state index contributed by atoms with van der Waals surface area (Å²) < 4.78 is 48.5. The summed E-state index contributed by atoms with van der Waals surface area (Å²) in [7, 11) is -3.97. The van der Waals surface area contributed by atoms with Crippen molar-refractivity contribution >= 4 is 15.7 Å². The van der Waals surface area contributed by atoms with Gasteiger partial charge in [-0.15, -0.1) is 0 Å². The van der Waals surface area contributed by atoms with Crippen LogP contribution in [0.1, 0.15) is 53.9 Å². The third kappa shape index (κ3) is 5.68. The highest BCUT2D eigenvalue weighted by molar-refractivity contribution is 7.90. The second-order valence-corrected chi connectivity index (χ2v) is 11.4. The fourth-order valence-corrected chi connectivity index (χ4v) is 5.98. The van der Waals surface area contributed by atoms with Crippen molar-refractivity contribution in [1.82, 2.24) is 14.5 Å². The maximum absolute atomic E-state index is 14.3. The van der Waals surface area contributed by atoms with Gasteiger partial charge in [-0.3, -0.25) is 4.79 Å². The van der Waals surface area contributed by atoms with Crippen LogP contribution >= 0.6 is 0 Å². The number of rotatable bonds is 9. The van der Waals surface area contributed by atoms with Crippen LogP contribution < -0.4 is 0 Å². The van der Waals surface area contributed by atoms with Gasteiger partial charge in [-0.2, -0.15) is 0 Å². The van der Waals surface area contributed by atoms with Gasteiger partial charge in [0, 0.05) is 23.8 Å². The molecule has 0 saturated carbocycles. The second-order valence-electron chi connectivity index (χ2n) is 9.47. The number of aromatic nitrogens is 2. The Hall–Kier alpha value is -3.04. The lowest BCUT2D eigenvalue weighted by atomic mass is 10.1. The molecule has 1 aliphatic heterocycles. The van der Waals surface area contributed by atoms with Crippen LogP contribution in [0.25, 0.3) is 0 Å². The van der Waals surface area contributed by atoms with Crippen molar-refractivity contribution in [2.45, 2.75) is 69.8 Å². The zero-order valence-corrected chi connectivity index (χ0v) is 21.7. The molecule has 4 rings (SSSR count). The first-order valence-electron chi connectivity index (χ1n) is 12.2. The lowest BCUT2D eigenvalue weighted by Gasteiger charge is -2.28. The molecule has 0 bridgehead atoms. The van der Waals surface area contributed by atoms with Crippen molar-refractivity contribution in [3.63, 3.8) is 0 Å². The van der Waals surface area contributed by atoms with Crippen molar-refractivity contribution in [3.8, 4) is 0 Å². The van der Waals surface area contributed by atoms with Crippen LogP contribution in [0, 0.1) is 12.7 Å². The number of hydrogen-bond acceptors (Lipinski definition) is 5. The molecule has 9 heteroatoms. The smallest absolute Gasteiger partial charge is 0.254 e. The molecule has 3 aromatic rings. The first-order chi connectivity index (χ1) is 17.2. The first-order valence-corrected chi connectivity index (χ1v) is 13.8. The largest absolute Gasteiger partial charge is 0.376 e. The van der Waals surface area contributed by atoms with Gasteiger partial charge in [0.15, 0.2) is 0 Å². The maximum Gasteiger partial charge on any atom is 0.254 e. The highest BCUT2D eigenvalue weighted by Crippen LogP contribution is 2.24. The summed E-state index contributed by atoms with van der Waals surface area (Å²) in [4.78, 5) is 19.4. The molecule has 36 heavy (non-hydrogen) atoms. The molecule has 7 nitrogen and oxygen atoms in total. The zero-order chi connectivity index (χ0) is 25.9. The Morgan fingerprint density at radius 3 is 2.58 bits per heavy atom. The maximum atomic E-state index is 14.3. The van der Waals surface area contributed by atoms with E-state index in [0.717, 1.165) is 18.4 Å². The number of carbonyl (C=O) groups excluding carboxylic acids is 1. The first kappa shape index (κ1) is 26.0. The zero-order valence-electron chi connectivity index (χ0n) is 20.9. The van der Waals surface area contributed by atoms with Crippen molar-refractivity contribution in [1.29, 1.82) is 0 Å². The predicted molar refractivity (Wildman–Crippen MR) is 135 cm³/mol. The third-order valence-corrected chi connectivity index (χ3v) is 8.06. The van der Waals surface area contributed by atoms with E-state index in [1.807, 2.05) is 39.0 Å². The predicted octanol–water partition coefficient (Wildman–Crippen LogP) is 4.53. The molecular weight excluding hydrogens is 481 g/mol. The Morgan fingerprint density at radius 2 is 1.92 bits per heavy atom. The minimum atomic E-state index is -3.97. The van der Waals surface area contributed by atoms with Gasteiger partial charge in [0.05, 0.1) is 36.8 Å².